The van der Waals surface area contributed by atoms with Crippen LogP contribution in [0.15, 0.2) is 41.7 Å². The second-order valence-corrected chi connectivity index (χ2v) is 6.80. The fourth-order valence-corrected chi connectivity index (χ4v) is 3.30. The summed E-state index contributed by atoms with van der Waals surface area (Å²) in [6, 6.07) is 7.59. The average Bonchev–Trinajstić information content (AvgIpc) is 2.80. The summed E-state index contributed by atoms with van der Waals surface area (Å²) in [5, 5.41) is 6.68. The summed E-state index contributed by atoms with van der Waals surface area (Å²) < 4.78 is 11.0. The first-order chi connectivity index (χ1) is 14.7. The van der Waals surface area contributed by atoms with E-state index in [0.29, 0.717) is 18.1 Å². The minimum atomic E-state index is 0.580. The van der Waals surface area contributed by atoms with E-state index in [0.717, 1.165) is 56.9 Å². The largest absolute Gasteiger partial charge is 0.493 e. The van der Waals surface area contributed by atoms with Gasteiger partial charge in [0.1, 0.15) is 0 Å². The van der Waals surface area contributed by atoms with Crippen molar-refractivity contribution in [3.05, 3.63) is 36.7 Å². The van der Waals surface area contributed by atoms with E-state index in [-0.39, 0.29) is 0 Å². The molecule has 0 atom stereocenters. The molecule has 2 aromatic rings. The molecule has 162 valence electrons. The van der Waals surface area contributed by atoms with E-state index in [9.17, 15) is 0 Å². The Morgan fingerprint density at radius 2 is 1.90 bits per heavy atom. The quantitative estimate of drug-likeness (QED) is 0.500. The minimum Gasteiger partial charge on any atom is -0.493 e. The highest BCUT2D eigenvalue weighted by atomic mass is 16.5. The van der Waals surface area contributed by atoms with Crippen molar-refractivity contribution >= 4 is 17.6 Å². The van der Waals surface area contributed by atoms with Crippen molar-refractivity contribution in [2.24, 2.45) is 4.99 Å². The Labute approximate surface area is 178 Å². The van der Waals surface area contributed by atoms with Gasteiger partial charge < -0.3 is 25.0 Å². The summed E-state index contributed by atoms with van der Waals surface area (Å²) >= 11 is 0. The molecule has 0 bridgehead atoms. The topological polar surface area (TPSA) is 87.1 Å². The van der Waals surface area contributed by atoms with Gasteiger partial charge in [0, 0.05) is 70.5 Å². The molecule has 0 spiro atoms. The number of benzene rings is 1. The van der Waals surface area contributed by atoms with Crippen LogP contribution in [-0.4, -0.2) is 80.9 Å². The molecule has 1 aliphatic heterocycles. The maximum atomic E-state index is 5.64. The summed E-state index contributed by atoms with van der Waals surface area (Å²) in [7, 11) is 3.40. The molecule has 9 heteroatoms. The average molecular weight is 414 g/mol. The van der Waals surface area contributed by atoms with E-state index in [1.807, 2.05) is 31.2 Å². The van der Waals surface area contributed by atoms with Gasteiger partial charge >= 0.3 is 0 Å². The van der Waals surface area contributed by atoms with Crippen LogP contribution in [0.2, 0.25) is 0 Å². The molecule has 0 amide bonds. The second kappa shape index (κ2) is 11.2. The molecule has 3 rings (SSSR count). The molecule has 1 aromatic heterocycles. The number of hydrogen-bond acceptors (Lipinski definition) is 7. The Hall–Kier alpha value is -3.07. The number of rotatable bonds is 8. The molecule has 1 aromatic carbocycles. The van der Waals surface area contributed by atoms with E-state index in [1.54, 1.807) is 26.6 Å². The van der Waals surface area contributed by atoms with Gasteiger partial charge in [-0.25, -0.2) is 9.97 Å². The van der Waals surface area contributed by atoms with Gasteiger partial charge in [0.05, 0.1) is 13.7 Å². The Bertz CT molecular complexity index is 808. The number of guanidine groups is 1. The smallest absolute Gasteiger partial charge is 0.225 e. The van der Waals surface area contributed by atoms with Crippen molar-refractivity contribution in [1.29, 1.82) is 0 Å². The molecule has 2 N–H and O–H groups in total. The van der Waals surface area contributed by atoms with Crippen molar-refractivity contribution in [2.45, 2.75) is 6.92 Å². The first-order valence-corrected chi connectivity index (χ1v) is 10.3. The summed E-state index contributed by atoms with van der Waals surface area (Å²) in [5.74, 6) is 2.95. The Balaban J connectivity index is 1.43. The molecule has 0 aliphatic carbocycles. The summed E-state index contributed by atoms with van der Waals surface area (Å²) in [5.41, 5.74) is 0.892. The van der Waals surface area contributed by atoms with Crippen molar-refractivity contribution in [1.82, 2.24) is 20.2 Å². The van der Waals surface area contributed by atoms with Crippen LogP contribution in [0.5, 0.6) is 11.5 Å². The van der Waals surface area contributed by atoms with Gasteiger partial charge in [-0.3, -0.25) is 9.89 Å². The van der Waals surface area contributed by atoms with Crippen LogP contribution in [0.25, 0.3) is 0 Å². The highest BCUT2D eigenvalue weighted by Gasteiger charge is 2.18. The Morgan fingerprint density at radius 3 is 2.57 bits per heavy atom. The fourth-order valence-electron chi connectivity index (χ4n) is 3.30. The lowest BCUT2D eigenvalue weighted by Gasteiger charge is -2.34. The maximum Gasteiger partial charge on any atom is 0.225 e. The van der Waals surface area contributed by atoms with Crippen molar-refractivity contribution in [2.75, 3.05) is 70.2 Å². The van der Waals surface area contributed by atoms with Crippen LogP contribution in [0.3, 0.4) is 0 Å². The Morgan fingerprint density at radius 1 is 1.13 bits per heavy atom. The van der Waals surface area contributed by atoms with Crippen LogP contribution in [0.1, 0.15) is 6.92 Å². The van der Waals surface area contributed by atoms with Gasteiger partial charge in [-0.15, -0.1) is 0 Å². The highest BCUT2D eigenvalue weighted by Crippen LogP contribution is 2.30. The third-order valence-electron chi connectivity index (χ3n) is 4.88. The molecule has 30 heavy (non-hydrogen) atoms. The predicted octanol–water partition coefficient (Wildman–Crippen LogP) is 1.69. The van der Waals surface area contributed by atoms with Crippen molar-refractivity contribution in [3.8, 4) is 11.5 Å². The lowest BCUT2D eigenvalue weighted by molar-refractivity contribution is 0.260. The lowest BCUT2D eigenvalue weighted by Crippen LogP contribution is -2.49. The third kappa shape index (κ3) is 5.96. The number of aliphatic imine (C=N–C) groups is 1. The molecule has 9 nitrogen and oxygen atoms in total. The summed E-state index contributed by atoms with van der Waals surface area (Å²) in [4.78, 5) is 17.6. The number of ether oxygens (including phenoxy) is 2. The van der Waals surface area contributed by atoms with E-state index < -0.39 is 0 Å². The zero-order valence-electron chi connectivity index (χ0n) is 18.0. The van der Waals surface area contributed by atoms with Crippen LogP contribution < -0.4 is 25.0 Å². The Kier molecular flexibility index (Phi) is 8.08. The first-order valence-electron chi connectivity index (χ1n) is 10.3. The molecular weight excluding hydrogens is 382 g/mol. The maximum absolute atomic E-state index is 5.64. The second-order valence-electron chi connectivity index (χ2n) is 6.80. The van der Waals surface area contributed by atoms with Gasteiger partial charge in [-0.05, 0) is 25.1 Å². The number of nitrogens with zero attached hydrogens (tertiary/aromatic N) is 5. The molecule has 1 saturated heterocycles. The van der Waals surface area contributed by atoms with E-state index >= 15 is 0 Å². The summed E-state index contributed by atoms with van der Waals surface area (Å²) in [6.07, 6.45) is 3.58. The number of aromatic nitrogens is 2. The standard InChI is InChI=1S/C21H31N7O2/c1-4-30-19-16-17(6-7-18(19)29-3)26-20(22-2)23-10-11-27-12-14-28(15-13-27)21-24-8-5-9-25-21/h5-9,16H,4,10-15H2,1-3H3,(H2,22,23,26). The van der Waals surface area contributed by atoms with E-state index in [2.05, 4.69) is 35.4 Å². The summed E-state index contributed by atoms with van der Waals surface area (Å²) in [6.45, 7) is 8.12. The molecule has 0 unspecified atom stereocenters. The van der Waals surface area contributed by atoms with Gasteiger partial charge in [0.15, 0.2) is 17.5 Å². The predicted molar refractivity (Wildman–Crippen MR) is 120 cm³/mol. The SMILES string of the molecule is CCOc1cc(NC(=NC)NCCN2CCN(c3ncccn3)CC2)ccc1OC. The van der Waals surface area contributed by atoms with Gasteiger partial charge in [-0.2, -0.15) is 0 Å². The van der Waals surface area contributed by atoms with E-state index in [4.69, 9.17) is 9.47 Å². The molecule has 2 heterocycles. The van der Waals surface area contributed by atoms with Crippen LogP contribution >= 0.6 is 0 Å². The van der Waals surface area contributed by atoms with Gasteiger partial charge in [0.2, 0.25) is 5.95 Å². The van der Waals surface area contributed by atoms with Crippen LogP contribution in [-0.2, 0) is 0 Å². The van der Waals surface area contributed by atoms with Crippen LogP contribution in [0, 0.1) is 0 Å². The normalized spacial score (nSPS) is 15.0. The molecular formula is C21H31N7O2. The monoisotopic (exact) mass is 413 g/mol. The molecule has 1 aliphatic rings. The van der Waals surface area contributed by atoms with Crippen molar-refractivity contribution < 1.29 is 9.47 Å². The zero-order chi connectivity index (χ0) is 21.2. The van der Waals surface area contributed by atoms with Crippen LogP contribution in [0.4, 0.5) is 11.6 Å². The van der Waals surface area contributed by atoms with E-state index in [1.165, 1.54) is 0 Å². The third-order valence-corrected chi connectivity index (χ3v) is 4.88. The number of anilines is 2. The minimum absolute atomic E-state index is 0.580. The van der Waals surface area contributed by atoms with Gasteiger partial charge in [-0.1, -0.05) is 0 Å². The number of piperazine rings is 1. The van der Waals surface area contributed by atoms with Crippen molar-refractivity contribution in [3.63, 3.8) is 0 Å². The number of nitrogens with one attached hydrogen (secondary N) is 2. The first kappa shape index (κ1) is 21.6. The van der Waals surface area contributed by atoms with Gasteiger partial charge in [0.25, 0.3) is 0 Å². The number of methoxy groups -OCH3 is 1. The molecule has 0 radical (unpaired) electrons. The highest BCUT2D eigenvalue weighted by molar-refractivity contribution is 5.93. The lowest BCUT2D eigenvalue weighted by atomic mass is 10.2. The fraction of sp³-hybridized carbons (Fsp3) is 0.476. The number of hydrogen-bond donors (Lipinski definition) is 2. The molecule has 0 saturated carbocycles. The molecule has 1 fully saturated rings. The zero-order valence-corrected chi connectivity index (χ0v) is 18.0.